The van der Waals surface area contributed by atoms with E-state index in [4.69, 9.17) is 23.2 Å². The van der Waals surface area contributed by atoms with Crippen LogP contribution in [-0.4, -0.2) is 4.98 Å². The summed E-state index contributed by atoms with van der Waals surface area (Å²) < 4.78 is 0. The van der Waals surface area contributed by atoms with E-state index in [1.165, 1.54) is 0 Å². The Balaban J connectivity index is 2.23. The predicted molar refractivity (Wildman–Crippen MR) is 77.2 cm³/mol. The van der Waals surface area contributed by atoms with Gasteiger partial charge in [-0.15, -0.1) is 0 Å². The van der Waals surface area contributed by atoms with E-state index in [0.29, 0.717) is 10.3 Å². The Labute approximate surface area is 115 Å². The lowest BCUT2D eigenvalue weighted by Crippen LogP contribution is -1.83. The van der Waals surface area contributed by atoms with Gasteiger partial charge >= 0.3 is 0 Å². The summed E-state index contributed by atoms with van der Waals surface area (Å²) in [6, 6.07) is 18.1. The van der Waals surface area contributed by atoms with Crippen molar-refractivity contribution in [2.75, 3.05) is 0 Å². The van der Waals surface area contributed by atoms with Gasteiger partial charge in [0.15, 0.2) is 0 Å². The maximum atomic E-state index is 6.13. The summed E-state index contributed by atoms with van der Waals surface area (Å²) in [6.07, 6.45) is 0. The number of fused-ring (bicyclic) bond motifs is 1. The highest BCUT2D eigenvalue weighted by Crippen LogP contribution is 2.29. The molecule has 0 N–H and O–H groups in total. The third-order valence-electron chi connectivity index (χ3n) is 2.86. The van der Waals surface area contributed by atoms with Crippen LogP contribution in [-0.2, 0) is 0 Å². The average molecular weight is 274 g/mol. The van der Waals surface area contributed by atoms with Crippen molar-refractivity contribution in [2.24, 2.45) is 0 Å². The Morgan fingerprint density at radius 1 is 0.778 bits per heavy atom. The number of halogens is 2. The number of hydrogen-bond donors (Lipinski definition) is 0. The summed E-state index contributed by atoms with van der Waals surface area (Å²) in [5, 5.41) is 2.78. The molecule has 0 radical (unpaired) electrons. The van der Waals surface area contributed by atoms with Crippen LogP contribution < -0.4 is 0 Å². The van der Waals surface area contributed by atoms with Crippen LogP contribution in [0.25, 0.3) is 21.9 Å². The van der Waals surface area contributed by atoms with Crippen LogP contribution in [0, 0.1) is 0 Å². The minimum atomic E-state index is 0.417. The molecule has 0 aliphatic heterocycles. The summed E-state index contributed by atoms with van der Waals surface area (Å²) in [5.41, 5.74) is 2.28. The summed E-state index contributed by atoms with van der Waals surface area (Å²) in [7, 11) is 0. The Morgan fingerprint density at radius 2 is 1.56 bits per heavy atom. The zero-order valence-electron chi connectivity index (χ0n) is 9.40. The van der Waals surface area contributed by atoms with E-state index in [0.717, 1.165) is 21.9 Å². The first kappa shape index (κ1) is 11.5. The minimum absolute atomic E-state index is 0.417. The molecular weight excluding hydrogens is 265 g/mol. The molecule has 1 heterocycles. The van der Waals surface area contributed by atoms with Crippen LogP contribution in [0.5, 0.6) is 0 Å². The van der Waals surface area contributed by atoms with Gasteiger partial charge in [-0.05, 0) is 28.6 Å². The highest BCUT2D eigenvalue weighted by molar-refractivity contribution is 6.36. The van der Waals surface area contributed by atoms with Crippen molar-refractivity contribution in [1.82, 2.24) is 4.98 Å². The molecule has 0 saturated heterocycles. The van der Waals surface area contributed by atoms with Crippen LogP contribution in [0.3, 0.4) is 0 Å². The van der Waals surface area contributed by atoms with Gasteiger partial charge in [-0.1, -0.05) is 65.7 Å². The molecule has 1 nitrogen and oxygen atoms in total. The third-order valence-corrected chi connectivity index (χ3v) is 3.34. The maximum Gasteiger partial charge on any atom is 0.138 e. The van der Waals surface area contributed by atoms with E-state index in [1.54, 1.807) is 0 Å². The normalized spacial score (nSPS) is 10.8. The Morgan fingerprint density at radius 3 is 2.33 bits per heavy atom. The lowest BCUT2D eigenvalue weighted by Gasteiger charge is -2.05. The van der Waals surface area contributed by atoms with Crippen molar-refractivity contribution >= 4 is 34.0 Å². The van der Waals surface area contributed by atoms with E-state index in [2.05, 4.69) is 23.2 Å². The first-order valence-corrected chi connectivity index (χ1v) is 6.31. The van der Waals surface area contributed by atoms with E-state index in [1.807, 2.05) is 36.4 Å². The molecule has 0 unspecified atom stereocenters. The molecule has 0 atom stereocenters. The van der Waals surface area contributed by atoms with Gasteiger partial charge in [-0.2, -0.15) is 0 Å². The number of nitrogens with zero attached hydrogens (tertiary/aromatic N) is 1. The van der Waals surface area contributed by atoms with E-state index >= 15 is 0 Å². The first-order valence-electron chi connectivity index (χ1n) is 5.55. The highest BCUT2D eigenvalue weighted by atomic mass is 35.5. The quantitative estimate of drug-likeness (QED) is 0.555. The minimum Gasteiger partial charge on any atom is -0.224 e. The summed E-state index contributed by atoms with van der Waals surface area (Å²) in [5.74, 6) is 0. The summed E-state index contributed by atoms with van der Waals surface area (Å²) >= 11 is 12.0. The van der Waals surface area contributed by atoms with Gasteiger partial charge in [0, 0.05) is 5.39 Å². The second-order valence-corrected chi connectivity index (χ2v) is 4.78. The number of hydrogen-bond acceptors (Lipinski definition) is 1. The van der Waals surface area contributed by atoms with Crippen LogP contribution in [0.4, 0.5) is 0 Å². The van der Waals surface area contributed by atoms with Gasteiger partial charge in [-0.3, -0.25) is 0 Å². The van der Waals surface area contributed by atoms with Crippen LogP contribution >= 0.6 is 23.2 Å². The van der Waals surface area contributed by atoms with E-state index in [-0.39, 0.29) is 0 Å². The van der Waals surface area contributed by atoms with Crippen molar-refractivity contribution < 1.29 is 0 Å². The third kappa shape index (κ3) is 2.07. The topological polar surface area (TPSA) is 12.9 Å². The van der Waals surface area contributed by atoms with E-state index < -0.39 is 0 Å². The monoisotopic (exact) mass is 273 g/mol. The molecular formula is C15H9Cl2N. The molecule has 0 amide bonds. The van der Waals surface area contributed by atoms with Crippen LogP contribution in [0.2, 0.25) is 10.3 Å². The summed E-state index contributed by atoms with van der Waals surface area (Å²) in [4.78, 5) is 4.07. The van der Waals surface area contributed by atoms with Crippen molar-refractivity contribution in [1.29, 1.82) is 0 Å². The standard InChI is InChI=1S/C15H9Cl2N/c16-14-9-12-7-6-11(8-13(12)15(17)18-14)10-4-2-1-3-5-10/h1-9H. The molecule has 3 heteroatoms. The molecule has 2 aromatic carbocycles. The molecule has 0 spiro atoms. The van der Waals surface area contributed by atoms with Gasteiger partial charge in [0.1, 0.15) is 10.3 Å². The maximum absolute atomic E-state index is 6.13. The van der Waals surface area contributed by atoms with E-state index in [9.17, 15) is 0 Å². The van der Waals surface area contributed by atoms with Gasteiger partial charge in [-0.25, -0.2) is 4.98 Å². The fourth-order valence-electron chi connectivity index (χ4n) is 1.99. The number of benzene rings is 2. The number of aromatic nitrogens is 1. The van der Waals surface area contributed by atoms with Gasteiger partial charge in [0.25, 0.3) is 0 Å². The number of rotatable bonds is 1. The molecule has 3 rings (SSSR count). The molecule has 0 bridgehead atoms. The Bertz CT molecular complexity index is 708. The van der Waals surface area contributed by atoms with Gasteiger partial charge in [0.05, 0.1) is 0 Å². The second-order valence-electron chi connectivity index (χ2n) is 4.04. The van der Waals surface area contributed by atoms with Crippen molar-refractivity contribution in [3.63, 3.8) is 0 Å². The smallest absolute Gasteiger partial charge is 0.138 e. The Hall–Kier alpha value is -1.57. The first-order chi connectivity index (χ1) is 8.74. The SMILES string of the molecule is Clc1cc2ccc(-c3ccccc3)cc2c(Cl)n1. The van der Waals surface area contributed by atoms with Crippen molar-refractivity contribution in [3.05, 3.63) is 64.9 Å². The molecule has 0 aliphatic rings. The van der Waals surface area contributed by atoms with Gasteiger partial charge < -0.3 is 0 Å². The average Bonchev–Trinajstić information content (AvgIpc) is 2.39. The van der Waals surface area contributed by atoms with Crippen LogP contribution in [0.1, 0.15) is 0 Å². The highest BCUT2D eigenvalue weighted by Gasteiger charge is 2.05. The Kier molecular flexibility index (Phi) is 2.94. The fraction of sp³-hybridized carbons (Fsp3) is 0. The molecule has 0 saturated carbocycles. The van der Waals surface area contributed by atoms with Crippen LogP contribution in [0.15, 0.2) is 54.6 Å². The van der Waals surface area contributed by atoms with Crippen molar-refractivity contribution in [3.8, 4) is 11.1 Å². The molecule has 0 fully saturated rings. The molecule has 1 aromatic heterocycles. The molecule has 18 heavy (non-hydrogen) atoms. The number of pyridine rings is 1. The fourth-order valence-corrected chi connectivity index (χ4v) is 2.49. The zero-order chi connectivity index (χ0) is 12.5. The van der Waals surface area contributed by atoms with Crippen molar-refractivity contribution in [2.45, 2.75) is 0 Å². The molecule has 0 aliphatic carbocycles. The largest absolute Gasteiger partial charge is 0.224 e. The molecule has 3 aromatic rings. The summed E-state index contributed by atoms with van der Waals surface area (Å²) in [6.45, 7) is 0. The zero-order valence-corrected chi connectivity index (χ0v) is 10.9. The molecule has 88 valence electrons. The predicted octanol–water partition coefficient (Wildman–Crippen LogP) is 5.21. The van der Waals surface area contributed by atoms with Gasteiger partial charge in [0.2, 0.25) is 0 Å². The lowest BCUT2D eigenvalue weighted by atomic mass is 10.0. The lowest BCUT2D eigenvalue weighted by molar-refractivity contribution is 1.36. The second kappa shape index (κ2) is 4.60.